The van der Waals surface area contributed by atoms with Gasteiger partial charge in [0.2, 0.25) is 0 Å². The van der Waals surface area contributed by atoms with Gasteiger partial charge in [0.05, 0.1) is 32.5 Å². The molecule has 2 aliphatic carbocycles. The van der Waals surface area contributed by atoms with Gasteiger partial charge in [-0.3, -0.25) is 0 Å². The summed E-state index contributed by atoms with van der Waals surface area (Å²) in [5.74, 6) is 0. The Morgan fingerprint density at radius 2 is 1.12 bits per heavy atom. The molecule has 52 heavy (non-hydrogen) atoms. The van der Waals surface area contributed by atoms with E-state index < -0.39 is 28.9 Å². The Kier molecular flexibility index (Phi) is 15.4. The first-order valence-corrected chi connectivity index (χ1v) is 27.0. The molecule has 0 bridgehead atoms. The summed E-state index contributed by atoms with van der Waals surface area (Å²) in [6.45, 7) is 23.9. The third-order valence-corrected chi connectivity index (χ3v) is 14.0. The second-order valence-electron chi connectivity index (χ2n) is 16.3. The van der Waals surface area contributed by atoms with Crippen LogP contribution in [0.15, 0.2) is 96.1 Å². The maximum absolute atomic E-state index is 6.03. The molecule has 6 heteroatoms. The molecule has 0 radical (unpaired) electrons. The Hall–Kier alpha value is -2.04. The normalized spacial score (nSPS) is 15.0. The molecule has 0 aromatic heterocycles. The van der Waals surface area contributed by atoms with E-state index in [1.165, 1.54) is 61.2 Å². The molecule has 0 spiro atoms. The fourth-order valence-corrected chi connectivity index (χ4v) is 12.5. The minimum atomic E-state index is -2.01. The molecule has 0 saturated carbocycles. The number of benzene rings is 4. The Morgan fingerprint density at radius 3 is 1.62 bits per heavy atom. The van der Waals surface area contributed by atoms with Gasteiger partial charge in [-0.05, 0) is 117 Å². The topological polar surface area (TPSA) is 18.5 Å². The summed E-state index contributed by atoms with van der Waals surface area (Å²) in [6, 6.07) is 31.9. The van der Waals surface area contributed by atoms with Gasteiger partial charge in [0, 0.05) is 5.54 Å². The molecule has 6 rings (SSSR count). The van der Waals surface area contributed by atoms with E-state index in [-0.39, 0.29) is 26.1 Å². The maximum atomic E-state index is 6.03. The zero-order chi connectivity index (χ0) is 36.4. The molecular weight excluding hydrogens is 775 g/mol. The molecule has 1 unspecified atom stereocenters. The first-order valence-electron chi connectivity index (χ1n) is 17.6. The van der Waals surface area contributed by atoms with Gasteiger partial charge < -0.3 is 24.3 Å². The average molecular weight is 833 g/mol. The summed E-state index contributed by atoms with van der Waals surface area (Å²) in [5, 5.41) is 1.64. The van der Waals surface area contributed by atoms with Crippen LogP contribution in [0.3, 0.4) is 0 Å². The summed E-state index contributed by atoms with van der Waals surface area (Å²) in [4.78, 5) is 0. The van der Waals surface area contributed by atoms with Crippen LogP contribution >= 0.6 is 17.0 Å². The van der Waals surface area contributed by atoms with Crippen LogP contribution in [0.5, 0.6) is 0 Å². The Morgan fingerprint density at radius 1 is 0.673 bits per heavy atom. The van der Waals surface area contributed by atoms with Crippen molar-refractivity contribution in [2.24, 2.45) is 0 Å². The second-order valence-corrected chi connectivity index (χ2v) is 24.5. The fraction of sp³-hybridized carbons (Fsp3) is 0.348. The number of rotatable bonds is 8. The van der Waals surface area contributed by atoms with Crippen molar-refractivity contribution in [1.29, 1.82) is 0 Å². The van der Waals surface area contributed by atoms with Crippen molar-refractivity contribution in [2.45, 2.75) is 105 Å². The zero-order valence-electron chi connectivity index (χ0n) is 33.4. The molecule has 276 valence electrons. The van der Waals surface area contributed by atoms with Crippen molar-refractivity contribution in [3.05, 3.63) is 144 Å². The van der Waals surface area contributed by atoms with Crippen LogP contribution < -0.4 is 0 Å². The van der Waals surface area contributed by atoms with Crippen LogP contribution in [0.25, 0.3) is 33.5 Å². The SMILES string of the molecule is CC1=Cc2c(-c3ccc(COC(C)(C)C)cc3)cccc2C1[Si](C)(C)C1=C(C)Cc2c1cccc2-c1ccc(COC(C)(C)C)cc1.[CH3-].[CH3-].[Cl][Zr+2][Cl]. The van der Waals surface area contributed by atoms with Gasteiger partial charge in [-0.1, -0.05) is 120 Å². The predicted molar refractivity (Wildman–Crippen MR) is 228 cm³/mol. The van der Waals surface area contributed by atoms with Crippen molar-refractivity contribution in [3.63, 3.8) is 0 Å². The number of allylic oxidation sites excluding steroid dienone is 2. The Labute approximate surface area is 335 Å². The first kappa shape index (κ1) is 44.4. The zero-order valence-corrected chi connectivity index (χ0v) is 38.4. The van der Waals surface area contributed by atoms with E-state index in [1.54, 1.807) is 10.8 Å². The predicted octanol–water partition coefficient (Wildman–Crippen LogP) is 14.2. The van der Waals surface area contributed by atoms with Gasteiger partial charge in [0.15, 0.2) is 0 Å². The van der Waals surface area contributed by atoms with Crippen molar-refractivity contribution < 1.29 is 30.3 Å². The molecule has 4 aromatic rings. The third-order valence-electron chi connectivity index (χ3n) is 9.83. The van der Waals surface area contributed by atoms with Crippen LogP contribution in [0.1, 0.15) is 94.3 Å². The molecule has 2 aliphatic rings. The van der Waals surface area contributed by atoms with E-state index in [0.29, 0.717) is 18.8 Å². The number of halogens is 2. The van der Waals surface area contributed by atoms with E-state index in [4.69, 9.17) is 26.5 Å². The van der Waals surface area contributed by atoms with Gasteiger partial charge in [0.25, 0.3) is 0 Å². The van der Waals surface area contributed by atoms with Crippen LogP contribution in [0.2, 0.25) is 13.1 Å². The molecule has 0 aliphatic heterocycles. The van der Waals surface area contributed by atoms with Crippen LogP contribution in [0.4, 0.5) is 0 Å². The van der Waals surface area contributed by atoms with E-state index >= 15 is 0 Å². The van der Waals surface area contributed by atoms with E-state index in [2.05, 4.69) is 159 Å². The molecule has 0 heterocycles. The quantitative estimate of drug-likeness (QED) is 0.130. The Bertz CT molecular complexity index is 1880. The fourth-order valence-electron chi connectivity index (χ4n) is 7.83. The monoisotopic (exact) mass is 830 g/mol. The standard InChI is InChI=1S/C44H52O2Si.2CH3.2ClH.Zr/c1-29-25-39-35(33-21-17-31(18-22-33)27-45-43(3,4)5)13-11-15-37(39)41(29)47(9,10)42-30(2)26-40-36(14-12-16-38(40)42)34-23-19-32(20-24-34)28-46-44(6,7)8;;;;;/h11-25,41H,26-28H2,1-10H3;2*1H3;2*1H;/q;2*-1;;;+4/p-2. The summed E-state index contributed by atoms with van der Waals surface area (Å²) in [7, 11) is 7.86. The van der Waals surface area contributed by atoms with Crippen molar-refractivity contribution in [2.75, 3.05) is 0 Å². The van der Waals surface area contributed by atoms with Crippen LogP contribution in [-0.2, 0) is 50.0 Å². The van der Waals surface area contributed by atoms with Crippen molar-refractivity contribution in [1.82, 2.24) is 0 Å². The van der Waals surface area contributed by atoms with Gasteiger partial charge >= 0.3 is 37.9 Å². The molecule has 0 N–H and O–H groups in total. The van der Waals surface area contributed by atoms with Gasteiger partial charge in [0.1, 0.15) is 0 Å². The van der Waals surface area contributed by atoms with E-state index in [9.17, 15) is 0 Å². The molecule has 0 amide bonds. The molecular formula is C46H58Cl2O2SiZr. The number of hydrogen-bond acceptors (Lipinski definition) is 2. The minimum absolute atomic E-state index is 0. The number of ether oxygens (including phenoxy) is 2. The molecule has 1 atom stereocenters. The van der Waals surface area contributed by atoms with Crippen molar-refractivity contribution in [3.8, 4) is 22.3 Å². The van der Waals surface area contributed by atoms with Gasteiger partial charge in [-0.2, -0.15) is 0 Å². The van der Waals surface area contributed by atoms with E-state index in [1.807, 2.05) is 0 Å². The third kappa shape index (κ3) is 10.2. The van der Waals surface area contributed by atoms with Gasteiger partial charge in [-0.25, -0.2) is 0 Å². The molecule has 0 fully saturated rings. The summed E-state index contributed by atoms with van der Waals surface area (Å²) in [5.41, 5.74) is 16.7. The molecule has 0 saturated heterocycles. The number of fused-ring (bicyclic) bond motifs is 2. The summed E-state index contributed by atoms with van der Waals surface area (Å²) >= 11 is -0.826. The van der Waals surface area contributed by atoms with E-state index in [0.717, 1.165) is 6.42 Å². The second kappa shape index (κ2) is 18.1. The summed E-state index contributed by atoms with van der Waals surface area (Å²) in [6.07, 6.45) is 3.51. The summed E-state index contributed by atoms with van der Waals surface area (Å²) < 4.78 is 12.1. The van der Waals surface area contributed by atoms with Crippen LogP contribution in [0, 0.1) is 14.9 Å². The molecule has 2 nitrogen and oxygen atoms in total. The Balaban J connectivity index is 0.00000141. The average Bonchev–Trinajstić information content (AvgIpc) is 3.59. The first-order chi connectivity index (χ1) is 23.5. The molecule has 4 aromatic carbocycles. The van der Waals surface area contributed by atoms with Crippen molar-refractivity contribution >= 4 is 36.4 Å². The number of hydrogen-bond donors (Lipinski definition) is 0. The van der Waals surface area contributed by atoms with Gasteiger partial charge in [-0.15, -0.1) is 0 Å². The van der Waals surface area contributed by atoms with Crippen LogP contribution in [-0.4, -0.2) is 19.3 Å².